The van der Waals surface area contributed by atoms with E-state index >= 15 is 0 Å². The molecule has 0 radical (unpaired) electrons. The molecule has 6 heteroatoms. The Morgan fingerprint density at radius 3 is 1.14 bits per heavy atom. The molecule has 0 saturated carbocycles. The summed E-state index contributed by atoms with van der Waals surface area (Å²) in [5.41, 5.74) is 0. The van der Waals surface area contributed by atoms with Crippen molar-refractivity contribution < 1.29 is 24.5 Å². The Balaban J connectivity index is 4.59. The number of unbranched alkanes of at least 4 members (excludes halogenated alkanes) is 34. The first kappa shape index (κ1) is 68.6. The molecule has 0 rings (SSSR count). The Morgan fingerprint density at radius 1 is 0.423 bits per heavy atom. The predicted molar refractivity (Wildman–Crippen MR) is 310 cm³/mol. The van der Waals surface area contributed by atoms with Crippen LogP contribution in [0.15, 0.2) is 60.8 Å². The molecular formula is C65H119NO5. The SMILES string of the molecule is CC/C=C\C/C=C\C/C=C\C/C=C\C/C=C\CCCCCC(=O)OC(CCCCCCCCCCCCCCCCCCC)CC(=O)NC(CO)C(O)CCCCCCCCCCCCCCCCCC. The van der Waals surface area contributed by atoms with E-state index in [1.54, 1.807) is 0 Å². The number of ether oxygens (including phenoxy) is 1. The number of nitrogens with one attached hydrogen (secondary N) is 1. The van der Waals surface area contributed by atoms with Gasteiger partial charge >= 0.3 is 5.97 Å². The highest BCUT2D eigenvalue weighted by atomic mass is 16.5. The van der Waals surface area contributed by atoms with Gasteiger partial charge in [0.2, 0.25) is 5.91 Å². The summed E-state index contributed by atoms with van der Waals surface area (Å²) in [5.74, 6) is -0.496. The Morgan fingerprint density at radius 2 is 0.761 bits per heavy atom. The summed E-state index contributed by atoms with van der Waals surface area (Å²) in [5, 5.41) is 24.0. The van der Waals surface area contributed by atoms with Crippen LogP contribution >= 0.6 is 0 Å². The fourth-order valence-electron chi connectivity index (χ4n) is 9.46. The Kier molecular flexibility index (Phi) is 56.4. The monoisotopic (exact) mass is 994 g/mol. The van der Waals surface area contributed by atoms with Gasteiger partial charge in [0, 0.05) is 6.42 Å². The number of esters is 1. The van der Waals surface area contributed by atoms with Gasteiger partial charge in [0.05, 0.1) is 25.2 Å². The summed E-state index contributed by atoms with van der Waals surface area (Å²) in [6.07, 6.45) is 74.3. The zero-order valence-corrected chi connectivity index (χ0v) is 47.4. The first-order valence-electron chi connectivity index (χ1n) is 31.0. The molecule has 0 aromatic carbocycles. The Bertz CT molecular complexity index is 1250. The number of hydrogen-bond acceptors (Lipinski definition) is 5. The average molecular weight is 995 g/mol. The zero-order chi connectivity index (χ0) is 51.6. The van der Waals surface area contributed by atoms with Crippen molar-refractivity contribution in [3.63, 3.8) is 0 Å². The maximum Gasteiger partial charge on any atom is 0.306 e. The van der Waals surface area contributed by atoms with Crippen LogP contribution in [0.1, 0.15) is 316 Å². The molecule has 0 aromatic heterocycles. The van der Waals surface area contributed by atoms with Crippen molar-refractivity contribution in [1.29, 1.82) is 0 Å². The van der Waals surface area contributed by atoms with Crippen molar-refractivity contribution in [2.45, 2.75) is 334 Å². The van der Waals surface area contributed by atoms with E-state index in [0.717, 1.165) is 89.9 Å². The number of carbonyl (C=O) groups is 2. The summed E-state index contributed by atoms with van der Waals surface area (Å²) in [4.78, 5) is 26.4. The van der Waals surface area contributed by atoms with Gasteiger partial charge in [-0.05, 0) is 70.6 Å². The van der Waals surface area contributed by atoms with Gasteiger partial charge in [-0.2, -0.15) is 0 Å². The third-order valence-electron chi connectivity index (χ3n) is 14.1. The van der Waals surface area contributed by atoms with Crippen LogP contribution in [-0.4, -0.2) is 46.9 Å². The summed E-state index contributed by atoms with van der Waals surface area (Å²) < 4.78 is 5.97. The van der Waals surface area contributed by atoms with Crippen molar-refractivity contribution in [3.8, 4) is 0 Å². The molecule has 6 nitrogen and oxygen atoms in total. The van der Waals surface area contributed by atoms with Crippen molar-refractivity contribution >= 4 is 11.9 Å². The molecule has 0 aliphatic heterocycles. The molecule has 0 fully saturated rings. The molecule has 71 heavy (non-hydrogen) atoms. The molecule has 0 bridgehead atoms. The average Bonchev–Trinajstić information content (AvgIpc) is 3.36. The number of allylic oxidation sites excluding steroid dienone is 10. The highest BCUT2D eigenvalue weighted by Gasteiger charge is 2.24. The third-order valence-corrected chi connectivity index (χ3v) is 14.1. The topological polar surface area (TPSA) is 95.9 Å². The Labute approximate surface area is 441 Å². The second kappa shape index (κ2) is 58.4. The molecular weight excluding hydrogens is 875 g/mol. The maximum atomic E-state index is 13.3. The largest absolute Gasteiger partial charge is 0.462 e. The third kappa shape index (κ3) is 53.7. The van der Waals surface area contributed by atoms with E-state index in [2.05, 4.69) is 86.8 Å². The van der Waals surface area contributed by atoms with E-state index in [1.165, 1.54) is 180 Å². The summed E-state index contributed by atoms with van der Waals surface area (Å²) in [7, 11) is 0. The maximum absolute atomic E-state index is 13.3. The second-order valence-electron chi connectivity index (χ2n) is 21.1. The Hall–Kier alpha value is -2.44. The standard InChI is InChI=1S/C65H119NO5/c1-4-7-10-13-16-19-22-25-28-31-32-34-37-40-43-46-49-52-55-58-65(70)71-61(56-53-50-47-44-41-38-35-33-29-26-23-20-17-14-11-8-5-2)59-64(69)66-62(60-67)63(68)57-54-51-48-45-42-39-36-30-27-24-21-18-15-12-9-6-3/h7,10,16,19,25,28,32,34,40,43,61-63,67-68H,4-6,8-9,11-15,17-18,20-24,26-27,29-31,33,35-39,41-42,44-60H2,1-3H3,(H,66,69)/b10-7-,19-16-,28-25-,34-32-,43-40-. The van der Waals surface area contributed by atoms with E-state index in [4.69, 9.17) is 4.74 Å². The summed E-state index contributed by atoms with van der Waals surface area (Å²) in [6.45, 7) is 6.41. The fraction of sp³-hybridized carbons (Fsp3) is 0.815. The van der Waals surface area contributed by atoms with Crippen molar-refractivity contribution in [3.05, 3.63) is 60.8 Å². The molecule has 0 heterocycles. The lowest BCUT2D eigenvalue weighted by molar-refractivity contribution is -0.151. The minimum atomic E-state index is -0.795. The van der Waals surface area contributed by atoms with Gasteiger partial charge in [-0.1, -0.05) is 293 Å². The van der Waals surface area contributed by atoms with Gasteiger partial charge < -0.3 is 20.3 Å². The van der Waals surface area contributed by atoms with Crippen LogP contribution in [-0.2, 0) is 14.3 Å². The van der Waals surface area contributed by atoms with E-state index < -0.39 is 18.2 Å². The lowest BCUT2D eigenvalue weighted by Gasteiger charge is -2.24. The van der Waals surface area contributed by atoms with Crippen LogP contribution in [0.3, 0.4) is 0 Å². The van der Waals surface area contributed by atoms with E-state index in [1.807, 2.05) is 0 Å². The molecule has 3 atom stereocenters. The van der Waals surface area contributed by atoms with Crippen LogP contribution in [0.2, 0.25) is 0 Å². The van der Waals surface area contributed by atoms with Crippen molar-refractivity contribution in [1.82, 2.24) is 5.32 Å². The van der Waals surface area contributed by atoms with Crippen LogP contribution in [0.5, 0.6) is 0 Å². The molecule has 3 N–H and O–H groups in total. The van der Waals surface area contributed by atoms with Crippen molar-refractivity contribution in [2.24, 2.45) is 0 Å². The van der Waals surface area contributed by atoms with E-state index in [9.17, 15) is 19.8 Å². The number of aliphatic hydroxyl groups is 2. The number of carbonyl (C=O) groups excluding carboxylic acids is 2. The number of aliphatic hydroxyl groups excluding tert-OH is 2. The lowest BCUT2D eigenvalue weighted by atomic mass is 10.0. The molecule has 0 aromatic rings. The van der Waals surface area contributed by atoms with Crippen molar-refractivity contribution in [2.75, 3.05) is 6.61 Å². The first-order chi connectivity index (χ1) is 35.0. The summed E-state index contributed by atoms with van der Waals surface area (Å²) >= 11 is 0. The highest BCUT2D eigenvalue weighted by molar-refractivity contribution is 5.77. The van der Waals surface area contributed by atoms with Gasteiger partial charge in [0.1, 0.15) is 6.10 Å². The highest BCUT2D eigenvalue weighted by Crippen LogP contribution is 2.19. The van der Waals surface area contributed by atoms with Gasteiger partial charge in [0.25, 0.3) is 0 Å². The number of hydrogen-bond donors (Lipinski definition) is 3. The number of amides is 1. The van der Waals surface area contributed by atoms with Crippen LogP contribution in [0.25, 0.3) is 0 Å². The van der Waals surface area contributed by atoms with Gasteiger partial charge in [-0.15, -0.1) is 0 Å². The molecule has 1 amide bonds. The summed E-state index contributed by atoms with van der Waals surface area (Å²) in [6, 6.07) is -0.710. The number of rotatable bonds is 56. The van der Waals surface area contributed by atoms with E-state index in [0.29, 0.717) is 19.3 Å². The normalized spacial score (nSPS) is 13.5. The predicted octanol–water partition coefficient (Wildman–Crippen LogP) is 19.5. The zero-order valence-electron chi connectivity index (χ0n) is 47.4. The van der Waals surface area contributed by atoms with Gasteiger partial charge in [0.15, 0.2) is 0 Å². The minimum Gasteiger partial charge on any atom is -0.462 e. The smallest absolute Gasteiger partial charge is 0.306 e. The quantitative estimate of drug-likeness (QED) is 0.0321. The molecule has 414 valence electrons. The van der Waals surface area contributed by atoms with Crippen LogP contribution in [0, 0.1) is 0 Å². The lowest BCUT2D eigenvalue weighted by Crippen LogP contribution is -2.46. The second-order valence-corrected chi connectivity index (χ2v) is 21.1. The molecule has 3 unspecified atom stereocenters. The van der Waals surface area contributed by atoms with Crippen LogP contribution < -0.4 is 5.32 Å². The first-order valence-corrected chi connectivity index (χ1v) is 31.0. The molecule has 0 aliphatic rings. The van der Waals surface area contributed by atoms with Gasteiger partial charge in [-0.25, -0.2) is 0 Å². The molecule has 0 aliphatic carbocycles. The van der Waals surface area contributed by atoms with Gasteiger partial charge in [-0.3, -0.25) is 9.59 Å². The van der Waals surface area contributed by atoms with Crippen LogP contribution in [0.4, 0.5) is 0 Å². The van der Waals surface area contributed by atoms with E-state index in [-0.39, 0.29) is 24.9 Å². The fourth-order valence-corrected chi connectivity index (χ4v) is 9.46. The minimum absolute atomic E-state index is 0.0664. The molecule has 0 saturated heterocycles. The molecule has 0 spiro atoms.